The molecule has 4 heavy (non-hydrogen) atoms. The maximum atomic E-state index is 0. The smallest absolute Gasteiger partial charge is 0 e. The first-order valence-electron chi connectivity index (χ1n) is 0. The van der Waals surface area contributed by atoms with Crippen LogP contribution in [0.3, 0.4) is 0 Å². The molecule has 28 valence electrons. The van der Waals surface area contributed by atoms with Gasteiger partial charge >= 0.3 is 0 Å². The van der Waals surface area contributed by atoms with Gasteiger partial charge in [-0.05, 0) is 0 Å². The summed E-state index contributed by atoms with van der Waals surface area (Å²) >= 11 is 0. The first kappa shape index (κ1) is 48.0. The molecule has 0 bridgehead atoms. The van der Waals surface area contributed by atoms with Crippen molar-refractivity contribution < 1.29 is 33.6 Å². The average molecular weight is 157 g/mol. The van der Waals surface area contributed by atoms with Crippen molar-refractivity contribution in [2.45, 2.75) is 7.43 Å². The molecule has 0 aromatic heterocycles. The number of hydrogen-bond donors (Lipinski definition) is 0. The van der Waals surface area contributed by atoms with E-state index in [1.807, 2.05) is 0 Å². The molecule has 0 aliphatic rings. The van der Waals surface area contributed by atoms with Gasteiger partial charge in [0.15, 0.2) is 0 Å². The van der Waals surface area contributed by atoms with E-state index >= 15 is 0 Å². The maximum Gasteiger partial charge on any atom is 0 e. The van der Waals surface area contributed by atoms with E-state index in [0.717, 1.165) is 0 Å². The average Bonchev–Trinajstić information content (AvgIpc) is 0. The van der Waals surface area contributed by atoms with E-state index in [4.69, 9.17) is 0 Å². The molecule has 0 N–H and O–H groups in total. The van der Waals surface area contributed by atoms with Gasteiger partial charge in [0.1, 0.15) is 0 Å². The van der Waals surface area contributed by atoms with Crippen molar-refractivity contribution in [1.29, 1.82) is 0 Å². The second-order valence-corrected chi connectivity index (χ2v) is 0. The Morgan fingerprint density at radius 3 is 1.00 bits per heavy atom. The molecule has 0 aliphatic carbocycles. The Balaban J connectivity index is 0. The van der Waals surface area contributed by atoms with E-state index in [0.29, 0.717) is 0 Å². The van der Waals surface area contributed by atoms with Crippen molar-refractivity contribution in [2.24, 2.45) is 0 Å². The molecule has 0 rings (SSSR count). The van der Waals surface area contributed by atoms with Crippen LogP contribution >= 0.6 is 0 Å². The molecule has 0 saturated heterocycles. The van der Waals surface area contributed by atoms with Crippen molar-refractivity contribution in [2.75, 3.05) is 0 Å². The minimum absolute atomic E-state index is 0. The summed E-state index contributed by atoms with van der Waals surface area (Å²) in [6.45, 7) is 0. The quantitative estimate of drug-likeness (QED) is 0.442. The van der Waals surface area contributed by atoms with Gasteiger partial charge in [-0.15, -0.1) is 0 Å². The van der Waals surface area contributed by atoms with Crippen molar-refractivity contribution in [3.8, 4) is 0 Å². The Bertz CT molecular complexity index is 8.00. The summed E-state index contributed by atoms with van der Waals surface area (Å²) < 4.78 is 0. The van der Waals surface area contributed by atoms with E-state index in [-0.39, 0.29) is 58.3 Å². The topological polar surface area (TPSA) is 0 Å². The fourth-order valence-electron chi connectivity index (χ4n) is 0. The molecule has 0 aliphatic heterocycles. The van der Waals surface area contributed by atoms with Crippen LogP contribution in [0.4, 0.5) is 0 Å². The monoisotopic (exact) mass is 156 g/mol. The molecule has 0 spiro atoms. The Hall–Kier alpha value is 1.55. The number of hydrogen-bond acceptors (Lipinski definition) is 0. The van der Waals surface area contributed by atoms with E-state index < -0.39 is 0 Å². The molecule has 3 heteroatoms. The fraction of sp³-hybridized carbons (Fsp3) is 1.00. The van der Waals surface area contributed by atoms with Crippen LogP contribution in [0.1, 0.15) is 7.43 Å². The maximum absolute atomic E-state index is 0. The summed E-state index contributed by atoms with van der Waals surface area (Å²) in [5.74, 6) is 0. The van der Waals surface area contributed by atoms with Crippen molar-refractivity contribution >= 4 is 17.4 Å². The first-order valence-corrected chi connectivity index (χ1v) is 0. The minimum Gasteiger partial charge on any atom is -0.0776 e. The van der Waals surface area contributed by atoms with Gasteiger partial charge in [-0.1, -0.05) is 7.43 Å². The molecule has 0 fully saturated rings. The molecule has 0 nitrogen and oxygen atoms in total. The molecule has 0 aromatic carbocycles. The Morgan fingerprint density at radius 1 is 1.00 bits per heavy atom. The molecule has 0 unspecified atom stereocenters. The van der Waals surface area contributed by atoms with Crippen molar-refractivity contribution in [1.82, 2.24) is 0 Å². The van der Waals surface area contributed by atoms with Crippen LogP contribution in [0.15, 0.2) is 0 Å². The van der Waals surface area contributed by atoms with Gasteiger partial charge in [0.05, 0.1) is 0 Å². The predicted octanol–water partition coefficient (Wildman–Crippen LogP) is 0.250. The SMILES string of the molecule is C.[Al].[Mn].[Ni]. The molecule has 0 saturated carbocycles. The third-order valence-electron chi connectivity index (χ3n) is 0. The van der Waals surface area contributed by atoms with E-state index in [1.165, 1.54) is 0 Å². The Labute approximate surface area is 58.3 Å². The second-order valence-electron chi connectivity index (χ2n) is 0. The molecule has 0 aromatic rings. The fourth-order valence-corrected chi connectivity index (χ4v) is 0. The molecular formula is CH4AlMnNi. The van der Waals surface area contributed by atoms with Crippen LogP contribution in [-0.2, 0) is 33.6 Å². The van der Waals surface area contributed by atoms with Gasteiger partial charge in [0.2, 0.25) is 0 Å². The van der Waals surface area contributed by atoms with Gasteiger partial charge in [0, 0.05) is 50.9 Å². The zero-order valence-corrected chi connectivity index (χ0v) is 4.59. The summed E-state index contributed by atoms with van der Waals surface area (Å²) in [5, 5.41) is 0. The van der Waals surface area contributed by atoms with Crippen molar-refractivity contribution in [3.05, 3.63) is 0 Å². The van der Waals surface area contributed by atoms with Crippen LogP contribution in [0, 0.1) is 0 Å². The molecular weight excluding hydrogens is 153 g/mol. The Kier molecular flexibility index (Phi) is 287. The van der Waals surface area contributed by atoms with E-state index in [9.17, 15) is 0 Å². The van der Waals surface area contributed by atoms with Crippen LogP contribution in [0.5, 0.6) is 0 Å². The minimum atomic E-state index is 0. The van der Waals surface area contributed by atoms with Gasteiger partial charge < -0.3 is 0 Å². The van der Waals surface area contributed by atoms with Crippen molar-refractivity contribution in [3.63, 3.8) is 0 Å². The second kappa shape index (κ2) is 23.9. The Morgan fingerprint density at radius 2 is 1.00 bits per heavy atom. The molecule has 0 heterocycles. The van der Waals surface area contributed by atoms with Crippen LogP contribution in [-0.4, -0.2) is 17.4 Å². The van der Waals surface area contributed by atoms with Crippen LogP contribution < -0.4 is 0 Å². The zero-order valence-electron chi connectivity index (χ0n) is 1.27. The van der Waals surface area contributed by atoms with E-state index in [2.05, 4.69) is 0 Å². The zero-order chi connectivity index (χ0) is 0. The third kappa shape index (κ3) is 9.62. The van der Waals surface area contributed by atoms with Gasteiger partial charge in [-0.3, -0.25) is 0 Å². The normalized spacial score (nSPS) is 0. The molecule has 0 atom stereocenters. The van der Waals surface area contributed by atoms with Gasteiger partial charge in [-0.25, -0.2) is 0 Å². The summed E-state index contributed by atoms with van der Waals surface area (Å²) in [7, 11) is 0. The molecule has 0 amide bonds. The first-order chi connectivity index (χ1) is 0. The third-order valence-corrected chi connectivity index (χ3v) is 0. The van der Waals surface area contributed by atoms with Crippen LogP contribution in [0.25, 0.3) is 0 Å². The summed E-state index contributed by atoms with van der Waals surface area (Å²) in [5.41, 5.74) is 0. The van der Waals surface area contributed by atoms with Gasteiger partial charge in [-0.2, -0.15) is 0 Å². The molecule has 4 radical (unpaired) electrons. The summed E-state index contributed by atoms with van der Waals surface area (Å²) in [4.78, 5) is 0. The largest absolute Gasteiger partial charge is 0.0776 e. The standard InChI is InChI=1S/CH4.Al.Mn.Ni/h1H4;;;. The van der Waals surface area contributed by atoms with Crippen LogP contribution in [0.2, 0.25) is 0 Å². The summed E-state index contributed by atoms with van der Waals surface area (Å²) in [6.07, 6.45) is 0. The summed E-state index contributed by atoms with van der Waals surface area (Å²) in [6, 6.07) is 0. The number of rotatable bonds is 0. The van der Waals surface area contributed by atoms with Gasteiger partial charge in [0.25, 0.3) is 0 Å². The van der Waals surface area contributed by atoms with E-state index in [1.54, 1.807) is 0 Å². The predicted molar refractivity (Wildman–Crippen MR) is 12.5 cm³/mol.